The average Bonchev–Trinajstić information content (AvgIpc) is 3.03. The van der Waals surface area contributed by atoms with E-state index in [1.165, 1.54) is 32.1 Å². The highest BCUT2D eigenvalue weighted by atomic mass is 16.2. The van der Waals surface area contributed by atoms with E-state index in [9.17, 15) is 14.4 Å². The van der Waals surface area contributed by atoms with Gasteiger partial charge < -0.3 is 16.0 Å². The highest BCUT2D eigenvalue weighted by Gasteiger charge is 2.39. The van der Waals surface area contributed by atoms with Gasteiger partial charge in [0.2, 0.25) is 11.8 Å². The summed E-state index contributed by atoms with van der Waals surface area (Å²) in [5, 5.41) is 3.13. The summed E-state index contributed by atoms with van der Waals surface area (Å²) in [5.74, 6) is -1.16. The van der Waals surface area contributed by atoms with Crippen molar-refractivity contribution in [1.82, 2.24) is 5.32 Å². The molecular weight excluding hydrogens is 486 g/mol. The number of para-hydroxylation sites is 1. The van der Waals surface area contributed by atoms with E-state index in [0.717, 1.165) is 35.2 Å². The lowest BCUT2D eigenvalue weighted by Crippen LogP contribution is -2.47. The lowest BCUT2D eigenvalue weighted by molar-refractivity contribution is -0.136. The molecule has 0 saturated heterocycles. The molecule has 1 unspecified atom stereocenters. The zero-order valence-corrected chi connectivity index (χ0v) is 23.8. The number of anilines is 1. The number of rotatable bonds is 11. The fourth-order valence-electron chi connectivity index (χ4n) is 6.56. The van der Waals surface area contributed by atoms with Crippen molar-refractivity contribution in [2.75, 3.05) is 11.4 Å². The van der Waals surface area contributed by atoms with Gasteiger partial charge in [0.15, 0.2) is 0 Å². The Morgan fingerprint density at radius 2 is 1.64 bits per heavy atom. The zero-order chi connectivity index (χ0) is 27.9. The van der Waals surface area contributed by atoms with Crippen LogP contribution in [-0.2, 0) is 14.4 Å². The standard InChI is InChI=1S/C33H45N3O3/c1-4-12-27(31(34)37)28(21-22(2)3)32(38)35-30-26-17-9-8-15-24(26)25-16-10-11-18-29(25)36(33(30)39)20-19-23-13-6-5-7-14-23/h8-11,15-18,22-23,27-28,30H,4-7,12-14,19-21H2,1-3H3,(H2,34,37)(H,35,38)/t27-,28+,30?/m0/s1. The smallest absolute Gasteiger partial charge is 0.254 e. The van der Waals surface area contributed by atoms with Gasteiger partial charge in [-0.25, -0.2) is 0 Å². The van der Waals surface area contributed by atoms with Crippen molar-refractivity contribution in [2.45, 2.75) is 84.6 Å². The SMILES string of the molecule is CCC[C@H](C(N)=O)[C@@H](CC(C)C)C(=O)NC1C(=O)N(CCC2CCCCC2)c2ccccc2-c2ccccc21. The van der Waals surface area contributed by atoms with Gasteiger partial charge in [0.05, 0.1) is 5.69 Å². The lowest BCUT2D eigenvalue weighted by Gasteiger charge is -2.31. The van der Waals surface area contributed by atoms with Crippen LogP contribution in [-0.4, -0.2) is 24.3 Å². The fourth-order valence-corrected chi connectivity index (χ4v) is 6.56. The topological polar surface area (TPSA) is 92.5 Å². The largest absolute Gasteiger partial charge is 0.369 e. The van der Waals surface area contributed by atoms with Crippen molar-refractivity contribution >= 4 is 23.4 Å². The molecule has 6 heteroatoms. The second-order valence-electron chi connectivity index (χ2n) is 11.9. The Morgan fingerprint density at radius 1 is 0.974 bits per heavy atom. The second-order valence-corrected chi connectivity index (χ2v) is 11.9. The number of amides is 3. The van der Waals surface area contributed by atoms with Crippen LogP contribution >= 0.6 is 0 Å². The number of hydrogen-bond donors (Lipinski definition) is 2. The van der Waals surface area contributed by atoms with E-state index in [-0.39, 0.29) is 17.7 Å². The van der Waals surface area contributed by atoms with Crippen LogP contribution in [0.25, 0.3) is 11.1 Å². The van der Waals surface area contributed by atoms with Crippen molar-refractivity contribution < 1.29 is 14.4 Å². The third-order valence-electron chi connectivity index (χ3n) is 8.56. The molecule has 3 amide bonds. The van der Waals surface area contributed by atoms with Gasteiger partial charge in [-0.3, -0.25) is 14.4 Å². The molecule has 2 aromatic carbocycles. The summed E-state index contributed by atoms with van der Waals surface area (Å²) in [7, 11) is 0. The zero-order valence-electron chi connectivity index (χ0n) is 23.8. The molecule has 1 aliphatic heterocycles. The van der Waals surface area contributed by atoms with Gasteiger partial charge in [0, 0.05) is 23.9 Å². The minimum atomic E-state index is -0.836. The molecule has 4 rings (SSSR count). The van der Waals surface area contributed by atoms with Crippen molar-refractivity contribution in [2.24, 2.45) is 29.4 Å². The number of carbonyl (C=O) groups is 3. The first kappa shape index (κ1) is 28.8. The van der Waals surface area contributed by atoms with Crippen LogP contribution in [0.4, 0.5) is 5.69 Å². The number of benzene rings is 2. The lowest BCUT2D eigenvalue weighted by atomic mass is 9.81. The van der Waals surface area contributed by atoms with Crippen molar-refractivity contribution in [1.29, 1.82) is 0 Å². The van der Waals surface area contributed by atoms with E-state index in [4.69, 9.17) is 5.73 Å². The number of carbonyl (C=O) groups excluding carboxylic acids is 3. The van der Waals surface area contributed by atoms with Gasteiger partial charge in [-0.05, 0) is 48.3 Å². The highest BCUT2D eigenvalue weighted by Crippen LogP contribution is 2.41. The first-order chi connectivity index (χ1) is 18.8. The Kier molecular flexibility index (Phi) is 9.82. The van der Waals surface area contributed by atoms with Crippen LogP contribution in [0, 0.1) is 23.7 Å². The van der Waals surface area contributed by atoms with Gasteiger partial charge in [-0.1, -0.05) is 102 Å². The Bertz CT molecular complexity index is 1150. The molecule has 1 fully saturated rings. The molecule has 1 aliphatic carbocycles. The molecule has 3 atom stereocenters. The molecule has 0 spiro atoms. The Hall–Kier alpha value is -3.15. The van der Waals surface area contributed by atoms with Crippen LogP contribution in [0.15, 0.2) is 48.5 Å². The van der Waals surface area contributed by atoms with E-state index < -0.39 is 23.8 Å². The summed E-state index contributed by atoms with van der Waals surface area (Å²) in [5.41, 5.74) is 9.43. The van der Waals surface area contributed by atoms with Crippen LogP contribution in [0.1, 0.15) is 90.2 Å². The summed E-state index contributed by atoms with van der Waals surface area (Å²) in [6, 6.07) is 15.1. The maximum absolute atomic E-state index is 14.4. The molecule has 0 bridgehead atoms. The van der Waals surface area contributed by atoms with Gasteiger partial charge in [0.25, 0.3) is 5.91 Å². The number of nitrogens with zero attached hydrogens (tertiary/aromatic N) is 1. The van der Waals surface area contributed by atoms with Crippen LogP contribution in [0.2, 0.25) is 0 Å². The number of primary amides is 1. The maximum Gasteiger partial charge on any atom is 0.254 e. The number of hydrogen-bond acceptors (Lipinski definition) is 3. The van der Waals surface area contributed by atoms with Crippen LogP contribution in [0.3, 0.4) is 0 Å². The van der Waals surface area contributed by atoms with Crippen molar-refractivity contribution in [3.05, 3.63) is 54.1 Å². The van der Waals surface area contributed by atoms with E-state index in [2.05, 4.69) is 11.4 Å². The minimum Gasteiger partial charge on any atom is -0.369 e. The molecule has 1 heterocycles. The highest BCUT2D eigenvalue weighted by molar-refractivity contribution is 6.06. The summed E-state index contributed by atoms with van der Waals surface area (Å²) in [6.45, 7) is 6.70. The summed E-state index contributed by atoms with van der Waals surface area (Å²) in [6.07, 6.45) is 9.04. The molecule has 3 N–H and O–H groups in total. The van der Waals surface area contributed by atoms with E-state index in [1.54, 1.807) is 0 Å². The summed E-state index contributed by atoms with van der Waals surface area (Å²) in [4.78, 5) is 42.6. The number of nitrogens with two attached hydrogens (primary N) is 1. The third kappa shape index (κ3) is 6.71. The molecule has 210 valence electrons. The van der Waals surface area contributed by atoms with E-state index in [1.807, 2.05) is 68.1 Å². The fraction of sp³-hybridized carbons (Fsp3) is 0.545. The number of nitrogens with one attached hydrogen (secondary N) is 1. The predicted molar refractivity (Wildman–Crippen MR) is 157 cm³/mol. The molecule has 39 heavy (non-hydrogen) atoms. The number of fused-ring (bicyclic) bond motifs is 3. The van der Waals surface area contributed by atoms with E-state index >= 15 is 0 Å². The van der Waals surface area contributed by atoms with Gasteiger partial charge in [-0.15, -0.1) is 0 Å². The average molecular weight is 532 g/mol. The molecule has 0 aromatic heterocycles. The Balaban J connectivity index is 1.70. The second kappa shape index (κ2) is 13.3. The first-order valence-corrected chi connectivity index (χ1v) is 14.9. The van der Waals surface area contributed by atoms with Crippen LogP contribution in [0.5, 0.6) is 0 Å². The van der Waals surface area contributed by atoms with Crippen LogP contribution < -0.4 is 16.0 Å². The quantitative estimate of drug-likeness (QED) is 0.352. The van der Waals surface area contributed by atoms with Crippen molar-refractivity contribution in [3.63, 3.8) is 0 Å². The molecule has 0 radical (unpaired) electrons. The molecule has 1 saturated carbocycles. The molecule has 2 aromatic rings. The molecule has 6 nitrogen and oxygen atoms in total. The molecular formula is C33H45N3O3. The summed E-state index contributed by atoms with van der Waals surface area (Å²) < 4.78 is 0. The molecule has 2 aliphatic rings. The maximum atomic E-state index is 14.4. The van der Waals surface area contributed by atoms with E-state index in [0.29, 0.717) is 25.3 Å². The van der Waals surface area contributed by atoms with Crippen molar-refractivity contribution in [3.8, 4) is 11.1 Å². The van der Waals surface area contributed by atoms with Gasteiger partial charge in [-0.2, -0.15) is 0 Å². The van der Waals surface area contributed by atoms with Gasteiger partial charge >= 0.3 is 0 Å². The van der Waals surface area contributed by atoms with Gasteiger partial charge in [0.1, 0.15) is 6.04 Å². The monoisotopic (exact) mass is 531 g/mol. The predicted octanol–water partition coefficient (Wildman–Crippen LogP) is 6.39. The normalized spacial score (nSPS) is 19.1. The first-order valence-electron chi connectivity index (χ1n) is 14.9. The third-order valence-corrected chi connectivity index (χ3v) is 8.56. The minimum absolute atomic E-state index is 0.119. The summed E-state index contributed by atoms with van der Waals surface area (Å²) >= 11 is 0. The Labute approximate surface area is 233 Å². The Morgan fingerprint density at radius 3 is 2.31 bits per heavy atom.